The van der Waals surface area contributed by atoms with Crippen molar-refractivity contribution in [3.05, 3.63) is 33.3 Å². The molecule has 0 aliphatic rings. The van der Waals surface area contributed by atoms with Crippen LogP contribution < -0.4 is 14.9 Å². The van der Waals surface area contributed by atoms with E-state index in [0.29, 0.717) is 27.8 Å². The molecule has 0 spiro atoms. The fourth-order valence-electron chi connectivity index (χ4n) is 1.76. The summed E-state index contributed by atoms with van der Waals surface area (Å²) < 4.78 is 12.6. The zero-order valence-corrected chi connectivity index (χ0v) is 12.9. The molecular formula is C12H15ClN4O2S. The van der Waals surface area contributed by atoms with E-state index in [0.717, 1.165) is 11.4 Å². The molecule has 2 rings (SSSR count). The Bertz CT molecular complexity index is 668. The molecule has 0 bridgehead atoms. The molecule has 0 aliphatic carbocycles. The smallest absolute Gasteiger partial charge is 0.214 e. The number of aryl methyl sites for hydroxylation is 1. The van der Waals surface area contributed by atoms with Crippen LogP contribution in [0.3, 0.4) is 0 Å². The molecule has 0 fully saturated rings. The highest BCUT2D eigenvalue weighted by Gasteiger charge is 2.10. The third kappa shape index (κ3) is 2.88. The average molecular weight is 315 g/mol. The number of H-pyrrole nitrogens is 1. The van der Waals surface area contributed by atoms with Gasteiger partial charge < -0.3 is 14.9 Å². The number of hydrogen-bond acceptors (Lipinski definition) is 5. The van der Waals surface area contributed by atoms with Crippen molar-refractivity contribution < 1.29 is 9.47 Å². The summed E-state index contributed by atoms with van der Waals surface area (Å²) in [7, 11) is 3.15. The van der Waals surface area contributed by atoms with Gasteiger partial charge in [0.15, 0.2) is 11.5 Å². The number of nitrogens with zero attached hydrogens (tertiary/aromatic N) is 2. The lowest BCUT2D eigenvalue weighted by Gasteiger charge is -2.13. The number of ether oxygens (including phenoxy) is 2. The second kappa shape index (κ2) is 6.15. The van der Waals surface area contributed by atoms with Gasteiger partial charge in [-0.15, -0.1) is 0 Å². The third-order valence-electron chi connectivity index (χ3n) is 2.82. The maximum absolute atomic E-state index is 6.22. The van der Waals surface area contributed by atoms with E-state index >= 15 is 0 Å². The van der Waals surface area contributed by atoms with Gasteiger partial charge in [-0.05, 0) is 30.8 Å². The fourth-order valence-corrected chi connectivity index (χ4v) is 2.22. The van der Waals surface area contributed by atoms with Gasteiger partial charge in [0, 0.05) is 11.1 Å². The largest absolute Gasteiger partial charge is 0.493 e. The van der Waals surface area contributed by atoms with Crippen LogP contribution in [0.4, 0.5) is 0 Å². The number of nitrogens with one attached hydrogen (secondary N) is 2. The average Bonchev–Trinajstić information content (AvgIpc) is 2.76. The molecule has 0 saturated carbocycles. The van der Waals surface area contributed by atoms with E-state index in [-0.39, 0.29) is 0 Å². The maximum Gasteiger partial charge on any atom is 0.214 e. The molecule has 1 aromatic carbocycles. The van der Waals surface area contributed by atoms with Crippen molar-refractivity contribution in [2.45, 2.75) is 13.5 Å². The van der Waals surface area contributed by atoms with Crippen molar-refractivity contribution in [3.8, 4) is 11.5 Å². The van der Waals surface area contributed by atoms with Crippen LogP contribution in [-0.2, 0) is 6.54 Å². The van der Waals surface area contributed by atoms with Gasteiger partial charge in [-0.2, -0.15) is 5.10 Å². The Morgan fingerprint density at radius 3 is 2.55 bits per heavy atom. The van der Waals surface area contributed by atoms with Gasteiger partial charge in [-0.3, -0.25) is 5.10 Å². The molecule has 0 atom stereocenters. The Balaban J connectivity index is 2.24. The second-order valence-electron chi connectivity index (χ2n) is 4.04. The lowest BCUT2D eigenvalue weighted by molar-refractivity contribution is 0.354. The van der Waals surface area contributed by atoms with Crippen LogP contribution in [0.25, 0.3) is 0 Å². The lowest BCUT2D eigenvalue weighted by Crippen LogP contribution is -2.16. The summed E-state index contributed by atoms with van der Waals surface area (Å²) in [4.78, 5) is 0. The summed E-state index contributed by atoms with van der Waals surface area (Å²) in [6.07, 6.45) is 0. The third-order valence-corrected chi connectivity index (χ3v) is 3.45. The maximum atomic E-state index is 6.22. The molecule has 108 valence electrons. The summed E-state index contributed by atoms with van der Waals surface area (Å²) >= 11 is 11.3. The van der Waals surface area contributed by atoms with Gasteiger partial charge in [0.25, 0.3) is 0 Å². The van der Waals surface area contributed by atoms with Crippen LogP contribution in [0.1, 0.15) is 11.4 Å². The van der Waals surface area contributed by atoms with Crippen molar-refractivity contribution in [2.75, 3.05) is 19.6 Å². The molecule has 0 amide bonds. The zero-order chi connectivity index (χ0) is 14.7. The number of benzene rings is 1. The van der Waals surface area contributed by atoms with Crippen molar-refractivity contribution >= 4 is 23.8 Å². The van der Waals surface area contributed by atoms with Gasteiger partial charge in [0.05, 0.1) is 20.8 Å². The molecule has 0 aliphatic heterocycles. The highest BCUT2D eigenvalue weighted by atomic mass is 35.5. The van der Waals surface area contributed by atoms with Crippen molar-refractivity contribution in [1.29, 1.82) is 0 Å². The molecule has 2 aromatic rings. The highest BCUT2D eigenvalue weighted by molar-refractivity contribution is 7.71. The van der Waals surface area contributed by atoms with Gasteiger partial charge in [-0.25, -0.2) is 4.68 Å². The number of halogens is 1. The Kier molecular flexibility index (Phi) is 4.51. The first-order chi connectivity index (χ1) is 9.56. The summed E-state index contributed by atoms with van der Waals surface area (Å²) in [5, 5.41) is 7.31. The van der Waals surface area contributed by atoms with Crippen molar-refractivity contribution in [2.24, 2.45) is 0 Å². The number of methoxy groups -OCH3 is 2. The van der Waals surface area contributed by atoms with Crippen molar-refractivity contribution in [1.82, 2.24) is 14.9 Å². The van der Waals surface area contributed by atoms with Gasteiger partial charge in [0.1, 0.15) is 5.82 Å². The van der Waals surface area contributed by atoms with Crippen LogP contribution in [0.2, 0.25) is 5.02 Å². The zero-order valence-electron chi connectivity index (χ0n) is 11.4. The Labute approximate surface area is 126 Å². The quantitative estimate of drug-likeness (QED) is 0.831. The number of hydrogen-bond donors (Lipinski definition) is 2. The van der Waals surface area contributed by atoms with Gasteiger partial charge in [-0.1, -0.05) is 11.6 Å². The number of rotatable bonds is 5. The van der Waals surface area contributed by atoms with E-state index in [2.05, 4.69) is 15.6 Å². The van der Waals surface area contributed by atoms with E-state index in [1.165, 1.54) is 0 Å². The van der Waals surface area contributed by atoms with Gasteiger partial charge >= 0.3 is 0 Å². The first kappa shape index (κ1) is 14.7. The minimum absolute atomic E-state index is 0.480. The van der Waals surface area contributed by atoms with Crippen molar-refractivity contribution in [3.63, 3.8) is 0 Å². The number of aromatic amines is 1. The molecule has 0 radical (unpaired) electrons. The fraction of sp³-hybridized carbons (Fsp3) is 0.333. The Hall–Kier alpha value is -1.73. The Morgan fingerprint density at radius 1 is 1.35 bits per heavy atom. The second-order valence-corrected chi connectivity index (χ2v) is 4.84. The molecule has 2 N–H and O–H groups in total. The van der Waals surface area contributed by atoms with Crippen LogP contribution in [-0.4, -0.2) is 29.1 Å². The normalized spacial score (nSPS) is 10.4. The predicted octanol–water partition coefficient (Wildman–Crippen LogP) is 2.66. The molecule has 0 unspecified atom stereocenters. The first-order valence-electron chi connectivity index (χ1n) is 5.85. The van der Waals surface area contributed by atoms with Crippen LogP contribution in [0.15, 0.2) is 12.1 Å². The molecule has 20 heavy (non-hydrogen) atoms. The van der Waals surface area contributed by atoms with E-state index in [9.17, 15) is 0 Å². The van der Waals surface area contributed by atoms with Crippen LogP contribution >= 0.6 is 23.8 Å². The molecule has 1 heterocycles. The topological polar surface area (TPSA) is 64.1 Å². The van der Waals surface area contributed by atoms with E-state index in [4.69, 9.17) is 33.3 Å². The molecule has 0 saturated heterocycles. The van der Waals surface area contributed by atoms with Crippen LogP contribution in [0, 0.1) is 11.7 Å². The Morgan fingerprint density at radius 2 is 2.00 bits per heavy atom. The molecule has 6 nitrogen and oxygen atoms in total. The minimum atomic E-state index is 0.480. The summed E-state index contributed by atoms with van der Waals surface area (Å²) in [5.74, 6) is 1.96. The standard InChI is InChI=1S/C12H15ClN4O2S/c1-7-15-16-12(20)17(7)14-6-8-4-10(18-2)11(19-3)5-9(8)13/h4-5,14H,6H2,1-3H3,(H,16,20). The summed E-state index contributed by atoms with van der Waals surface area (Å²) in [6.45, 7) is 2.32. The highest BCUT2D eigenvalue weighted by Crippen LogP contribution is 2.33. The van der Waals surface area contributed by atoms with Gasteiger partial charge in [0.2, 0.25) is 4.77 Å². The minimum Gasteiger partial charge on any atom is -0.493 e. The van der Waals surface area contributed by atoms with E-state index in [1.54, 1.807) is 25.0 Å². The SMILES string of the molecule is COc1cc(Cl)c(CNn2c(C)n[nH]c2=S)cc1OC. The molecule has 1 aromatic heterocycles. The lowest BCUT2D eigenvalue weighted by atomic mass is 10.2. The number of aromatic nitrogens is 3. The first-order valence-corrected chi connectivity index (χ1v) is 6.63. The van der Waals surface area contributed by atoms with Crippen LogP contribution in [0.5, 0.6) is 11.5 Å². The van der Waals surface area contributed by atoms with E-state index < -0.39 is 0 Å². The molecular weight excluding hydrogens is 300 g/mol. The predicted molar refractivity (Wildman–Crippen MR) is 79.8 cm³/mol. The monoisotopic (exact) mass is 314 g/mol. The summed E-state index contributed by atoms with van der Waals surface area (Å²) in [6, 6.07) is 3.55. The molecule has 8 heteroatoms. The van der Waals surface area contributed by atoms with E-state index in [1.807, 2.05) is 13.0 Å². The summed E-state index contributed by atoms with van der Waals surface area (Å²) in [5.41, 5.74) is 4.01.